The van der Waals surface area contributed by atoms with Gasteiger partial charge in [0.25, 0.3) is 0 Å². The monoisotopic (exact) mass is 390 g/mol. The van der Waals surface area contributed by atoms with Crippen LogP contribution in [0.5, 0.6) is 0 Å². The minimum Gasteiger partial charge on any atom is -0.361 e. The number of fused-ring (bicyclic) bond motifs is 1. The summed E-state index contributed by atoms with van der Waals surface area (Å²) in [6.07, 6.45) is 10.8. The molecule has 1 fully saturated rings. The zero-order chi connectivity index (χ0) is 20.1. The van der Waals surface area contributed by atoms with E-state index >= 15 is 0 Å². The highest BCUT2D eigenvalue weighted by Crippen LogP contribution is 2.24. The van der Waals surface area contributed by atoms with Crippen LogP contribution in [-0.4, -0.2) is 27.8 Å². The number of H-pyrrole nitrogens is 1. The van der Waals surface area contributed by atoms with Gasteiger partial charge in [-0.3, -0.25) is 14.6 Å². The van der Waals surface area contributed by atoms with Crippen LogP contribution in [0.2, 0.25) is 0 Å². The lowest BCUT2D eigenvalue weighted by atomic mass is 9.88. The van der Waals surface area contributed by atoms with E-state index in [4.69, 9.17) is 0 Å². The number of anilines is 1. The largest absolute Gasteiger partial charge is 0.361 e. The van der Waals surface area contributed by atoms with E-state index in [1.54, 1.807) is 24.5 Å². The number of nitrogens with one attached hydrogen (secondary N) is 3. The maximum atomic E-state index is 13.0. The number of rotatable bonds is 6. The summed E-state index contributed by atoms with van der Waals surface area (Å²) in [5.41, 5.74) is 2.70. The lowest BCUT2D eigenvalue weighted by Crippen LogP contribution is -2.47. The minimum absolute atomic E-state index is 0.00273. The number of para-hydroxylation sites is 1. The molecule has 0 radical (unpaired) electrons. The van der Waals surface area contributed by atoms with Crippen molar-refractivity contribution in [1.29, 1.82) is 0 Å². The molecular formula is C23H26N4O2. The minimum atomic E-state index is -0.642. The summed E-state index contributed by atoms with van der Waals surface area (Å²) in [6.45, 7) is 0. The van der Waals surface area contributed by atoms with Gasteiger partial charge in [0.15, 0.2) is 0 Å². The molecule has 3 aromatic rings. The number of nitrogens with zero attached hydrogens (tertiary/aromatic N) is 1. The van der Waals surface area contributed by atoms with Gasteiger partial charge in [0, 0.05) is 47.5 Å². The van der Waals surface area contributed by atoms with E-state index in [1.807, 2.05) is 30.5 Å². The van der Waals surface area contributed by atoms with E-state index in [9.17, 15) is 9.59 Å². The van der Waals surface area contributed by atoms with E-state index in [2.05, 4.69) is 20.6 Å². The Hall–Kier alpha value is -3.15. The van der Waals surface area contributed by atoms with Gasteiger partial charge in [-0.05, 0) is 36.6 Å². The zero-order valence-electron chi connectivity index (χ0n) is 16.4. The third-order valence-electron chi connectivity index (χ3n) is 5.66. The number of amides is 2. The van der Waals surface area contributed by atoms with Gasteiger partial charge in [0.2, 0.25) is 11.8 Å². The Morgan fingerprint density at radius 3 is 2.62 bits per heavy atom. The topological polar surface area (TPSA) is 86.9 Å². The Labute approximate surface area is 170 Å². The van der Waals surface area contributed by atoms with E-state index in [1.165, 1.54) is 6.42 Å². The number of hydrogen-bond acceptors (Lipinski definition) is 3. The van der Waals surface area contributed by atoms with Crippen molar-refractivity contribution in [3.63, 3.8) is 0 Å². The number of aromatic nitrogens is 2. The van der Waals surface area contributed by atoms with Crippen molar-refractivity contribution < 1.29 is 9.59 Å². The summed E-state index contributed by atoms with van der Waals surface area (Å²) in [4.78, 5) is 33.1. The summed E-state index contributed by atoms with van der Waals surface area (Å²) >= 11 is 0. The van der Waals surface area contributed by atoms with Crippen LogP contribution in [0, 0.1) is 5.92 Å². The summed E-state index contributed by atoms with van der Waals surface area (Å²) < 4.78 is 0. The SMILES string of the molecule is O=C(N[C@@H](Cc1c[nH]c2ccccc12)C(=O)Nc1ccncc1)C1CCCCC1. The molecule has 1 aliphatic carbocycles. The summed E-state index contributed by atoms with van der Waals surface area (Å²) in [5, 5.41) is 7.01. The van der Waals surface area contributed by atoms with Crippen molar-refractivity contribution in [2.45, 2.75) is 44.6 Å². The number of carbonyl (C=O) groups excluding carboxylic acids is 2. The van der Waals surface area contributed by atoms with Crippen molar-refractivity contribution >= 4 is 28.4 Å². The fourth-order valence-electron chi connectivity index (χ4n) is 4.05. The average Bonchev–Trinajstić information content (AvgIpc) is 3.17. The number of benzene rings is 1. The molecule has 0 unspecified atom stereocenters. The summed E-state index contributed by atoms with van der Waals surface area (Å²) in [6, 6.07) is 10.8. The molecule has 150 valence electrons. The van der Waals surface area contributed by atoms with E-state index in [0.29, 0.717) is 12.1 Å². The molecule has 1 saturated carbocycles. The molecule has 0 aliphatic heterocycles. The first-order valence-electron chi connectivity index (χ1n) is 10.3. The lowest BCUT2D eigenvalue weighted by Gasteiger charge is -2.24. The standard InChI is InChI=1S/C23H26N4O2/c28-22(16-6-2-1-3-7-16)27-21(23(29)26-18-10-12-24-13-11-18)14-17-15-25-20-9-5-4-8-19(17)20/h4-5,8-13,15-16,21,25H,1-3,6-7,14H2,(H,27,28)(H,24,26,29)/t21-/m0/s1. The highest BCUT2D eigenvalue weighted by Gasteiger charge is 2.27. The molecule has 1 aliphatic rings. The first-order valence-corrected chi connectivity index (χ1v) is 10.3. The second-order valence-electron chi connectivity index (χ2n) is 7.68. The maximum Gasteiger partial charge on any atom is 0.247 e. The highest BCUT2D eigenvalue weighted by molar-refractivity contribution is 5.98. The second-order valence-corrected chi connectivity index (χ2v) is 7.68. The number of carbonyl (C=O) groups is 2. The van der Waals surface area contributed by atoms with Crippen molar-refractivity contribution in [3.05, 3.63) is 60.6 Å². The molecule has 2 aromatic heterocycles. The highest BCUT2D eigenvalue weighted by atomic mass is 16.2. The molecule has 0 bridgehead atoms. The van der Waals surface area contributed by atoms with Crippen LogP contribution in [0.25, 0.3) is 10.9 Å². The van der Waals surface area contributed by atoms with E-state index < -0.39 is 6.04 Å². The van der Waals surface area contributed by atoms with Gasteiger partial charge in [0.1, 0.15) is 6.04 Å². The maximum absolute atomic E-state index is 13.0. The first-order chi connectivity index (χ1) is 14.2. The van der Waals surface area contributed by atoms with Crippen LogP contribution in [0.4, 0.5) is 5.69 Å². The fraction of sp³-hybridized carbons (Fsp3) is 0.348. The Morgan fingerprint density at radius 2 is 1.83 bits per heavy atom. The summed E-state index contributed by atoms with van der Waals surface area (Å²) in [5.74, 6) is -0.229. The van der Waals surface area contributed by atoms with Crippen LogP contribution in [0.15, 0.2) is 55.0 Å². The van der Waals surface area contributed by atoms with Crippen molar-refractivity contribution in [2.75, 3.05) is 5.32 Å². The predicted molar refractivity (Wildman–Crippen MR) is 113 cm³/mol. The van der Waals surface area contributed by atoms with Gasteiger partial charge in [-0.15, -0.1) is 0 Å². The van der Waals surface area contributed by atoms with Crippen molar-refractivity contribution in [1.82, 2.24) is 15.3 Å². The van der Waals surface area contributed by atoms with Crippen LogP contribution < -0.4 is 10.6 Å². The molecule has 6 heteroatoms. The second kappa shape index (κ2) is 8.90. The van der Waals surface area contributed by atoms with E-state index in [0.717, 1.165) is 42.1 Å². The third-order valence-corrected chi connectivity index (χ3v) is 5.66. The smallest absolute Gasteiger partial charge is 0.247 e. The molecule has 1 aromatic carbocycles. The number of aromatic amines is 1. The van der Waals surface area contributed by atoms with Crippen molar-refractivity contribution in [2.24, 2.45) is 5.92 Å². The van der Waals surface area contributed by atoms with Crippen LogP contribution in [0.3, 0.4) is 0 Å². The third kappa shape index (κ3) is 4.65. The molecule has 0 spiro atoms. The van der Waals surface area contributed by atoms with Crippen LogP contribution in [-0.2, 0) is 16.0 Å². The molecular weight excluding hydrogens is 364 g/mol. The molecule has 4 rings (SSSR count). The number of pyridine rings is 1. The fourth-order valence-corrected chi connectivity index (χ4v) is 4.05. The van der Waals surface area contributed by atoms with Gasteiger partial charge < -0.3 is 15.6 Å². The molecule has 2 amide bonds. The van der Waals surface area contributed by atoms with Crippen molar-refractivity contribution in [3.8, 4) is 0 Å². The van der Waals surface area contributed by atoms with Crippen LogP contribution >= 0.6 is 0 Å². The Bertz CT molecular complexity index is 977. The zero-order valence-corrected chi connectivity index (χ0v) is 16.4. The molecule has 2 heterocycles. The number of hydrogen-bond donors (Lipinski definition) is 3. The molecule has 6 nitrogen and oxygen atoms in total. The average molecular weight is 390 g/mol. The quantitative estimate of drug-likeness (QED) is 0.598. The lowest BCUT2D eigenvalue weighted by molar-refractivity contribution is -0.130. The molecule has 1 atom stereocenters. The summed E-state index contributed by atoms with van der Waals surface area (Å²) in [7, 11) is 0. The van der Waals surface area contributed by atoms with Gasteiger partial charge in [0.05, 0.1) is 0 Å². The van der Waals surface area contributed by atoms with E-state index in [-0.39, 0.29) is 17.7 Å². The Morgan fingerprint density at radius 1 is 1.07 bits per heavy atom. The van der Waals surface area contributed by atoms with Gasteiger partial charge >= 0.3 is 0 Å². The normalized spacial score (nSPS) is 15.7. The molecule has 0 saturated heterocycles. The predicted octanol–water partition coefficient (Wildman–Crippen LogP) is 3.81. The molecule has 29 heavy (non-hydrogen) atoms. The van der Waals surface area contributed by atoms with Gasteiger partial charge in [-0.2, -0.15) is 0 Å². The Balaban J connectivity index is 1.54. The Kier molecular flexibility index (Phi) is 5.89. The van der Waals surface area contributed by atoms with Gasteiger partial charge in [-0.25, -0.2) is 0 Å². The van der Waals surface area contributed by atoms with Crippen LogP contribution in [0.1, 0.15) is 37.7 Å². The first kappa shape index (κ1) is 19.2. The van der Waals surface area contributed by atoms with Gasteiger partial charge in [-0.1, -0.05) is 37.5 Å². The molecule has 3 N–H and O–H groups in total.